The summed E-state index contributed by atoms with van der Waals surface area (Å²) in [5, 5.41) is 0. The van der Waals surface area contributed by atoms with Gasteiger partial charge in [0.25, 0.3) is 0 Å². The van der Waals surface area contributed by atoms with Gasteiger partial charge in [-0.1, -0.05) is 113 Å². The van der Waals surface area contributed by atoms with E-state index in [1.807, 2.05) is 25.2 Å². The molecule has 0 fully saturated rings. The molecule has 3 nitrogen and oxygen atoms in total. The summed E-state index contributed by atoms with van der Waals surface area (Å²) < 4.78 is 5.83. The highest BCUT2D eigenvalue weighted by molar-refractivity contribution is 5.69. The average Bonchev–Trinajstić information content (AvgIpc) is 2.91. The first-order chi connectivity index (χ1) is 19.3. The molecule has 40 heavy (non-hydrogen) atoms. The van der Waals surface area contributed by atoms with E-state index in [0.29, 0.717) is 6.42 Å². The van der Waals surface area contributed by atoms with Crippen molar-refractivity contribution in [1.29, 1.82) is 0 Å². The zero-order valence-corrected chi connectivity index (χ0v) is 26.1. The number of esters is 1. The minimum absolute atomic E-state index is 0.0545. The fourth-order valence-electron chi connectivity index (χ4n) is 4.63. The maximum atomic E-state index is 12.5. The summed E-state index contributed by atoms with van der Waals surface area (Å²) in [6, 6.07) is 0. The Hall–Kier alpha value is -2.68. The summed E-state index contributed by atoms with van der Waals surface area (Å²) in [6.45, 7) is 10.7. The number of hydrogen-bond acceptors (Lipinski definition) is 3. The predicted molar refractivity (Wildman–Crippen MR) is 172 cm³/mol. The Morgan fingerprint density at radius 1 is 0.900 bits per heavy atom. The molecular formula is C37H56O3. The topological polar surface area (TPSA) is 43.4 Å². The smallest absolute Gasteiger partial charge is 0.306 e. The first kappa shape index (κ1) is 35.3. The lowest BCUT2D eigenvalue weighted by Gasteiger charge is -2.33. The number of carbonyl (C=O) groups is 2. The Morgan fingerprint density at radius 3 is 2.25 bits per heavy atom. The fourth-order valence-corrected chi connectivity index (χ4v) is 4.63. The molecular weight excluding hydrogens is 492 g/mol. The maximum absolute atomic E-state index is 12.5. The van der Waals surface area contributed by atoms with Crippen molar-refractivity contribution in [2.24, 2.45) is 5.41 Å². The number of hydrogen-bond donors (Lipinski definition) is 0. The Balaban J connectivity index is 2.32. The van der Waals surface area contributed by atoms with Crippen LogP contribution in [-0.4, -0.2) is 18.4 Å². The van der Waals surface area contributed by atoms with Crippen LogP contribution in [0.15, 0.2) is 83.6 Å². The van der Waals surface area contributed by atoms with E-state index in [1.165, 1.54) is 50.5 Å². The lowest BCUT2D eigenvalue weighted by Crippen LogP contribution is -2.27. The Labute approximate surface area is 245 Å². The molecule has 0 aliphatic heterocycles. The maximum Gasteiger partial charge on any atom is 0.306 e. The first-order valence-electron chi connectivity index (χ1n) is 15.7. The molecule has 0 amide bonds. The largest absolute Gasteiger partial charge is 0.458 e. The van der Waals surface area contributed by atoms with Gasteiger partial charge in [0.15, 0.2) is 0 Å². The molecule has 0 heterocycles. The van der Waals surface area contributed by atoms with Gasteiger partial charge in [0.05, 0.1) is 0 Å². The van der Waals surface area contributed by atoms with Crippen molar-refractivity contribution in [2.75, 3.05) is 0 Å². The SMILES string of the molecule is CCCCC/C=C/C/C=C/CCCCCCCC(=O)OC1C=C(/C=C/C(C)=C/C=C/C(C)=C/C=O)C(C)(C)CC1. The van der Waals surface area contributed by atoms with Crippen molar-refractivity contribution in [1.82, 2.24) is 0 Å². The molecule has 1 atom stereocenters. The molecule has 0 radical (unpaired) electrons. The highest BCUT2D eigenvalue weighted by Crippen LogP contribution is 2.38. The molecule has 0 spiro atoms. The van der Waals surface area contributed by atoms with Crippen molar-refractivity contribution < 1.29 is 14.3 Å². The van der Waals surface area contributed by atoms with E-state index in [0.717, 1.165) is 56.0 Å². The minimum atomic E-state index is -0.140. The third kappa shape index (κ3) is 17.8. The van der Waals surface area contributed by atoms with Crippen molar-refractivity contribution >= 4 is 12.3 Å². The van der Waals surface area contributed by atoms with Crippen LogP contribution in [0.3, 0.4) is 0 Å². The molecule has 1 aliphatic rings. The van der Waals surface area contributed by atoms with Gasteiger partial charge < -0.3 is 4.74 Å². The number of rotatable bonds is 20. The van der Waals surface area contributed by atoms with Crippen molar-refractivity contribution in [3.05, 3.63) is 83.6 Å². The quantitative estimate of drug-likeness (QED) is 0.0379. The summed E-state index contributed by atoms with van der Waals surface area (Å²) in [6.07, 6.45) is 39.0. The van der Waals surface area contributed by atoms with Gasteiger partial charge in [0.1, 0.15) is 12.4 Å². The van der Waals surface area contributed by atoms with E-state index in [2.05, 4.69) is 70.2 Å². The summed E-state index contributed by atoms with van der Waals surface area (Å²) in [4.78, 5) is 23.0. The minimum Gasteiger partial charge on any atom is -0.458 e. The van der Waals surface area contributed by atoms with E-state index < -0.39 is 0 Å². The Bertz CT molecular complexity index is 936. The van der Waals surface area contributed by atoms with Crippen molar-refractivity contribution in [2.45, 2.75) is 131 Å². The second kappa shape index (κ2) is 22.1. The number of aldehydes is 1. The van der Waals surface area contributed by atoms with E-state index in [9.17, 15) is 9.59 Å². The molecule has 0 saturated heterocycles. The number of unbranched alkanes of at least 4 members (excludes halogenated alkanes) is 8. The van der Waals surface area contributed by atoms with E-state index in [1.54, 1.807) is 6.08 Å². The molecule has 222 valence electrons. The van der Waals surface area contributed by atoms with Crippen LogP contribution in [0.1, 0.15) is 125 Å². The molecule has 0 aromatic rings. The van der Waals surface area contributed by atoms with Crippen LogP contribution in [0.4, 0.5) is 0 Å². The van der Waals surface area contributed by atoms with Crippen LogP contribution in [0.25, 0.3) is 0 Å². The normalized spacial score (nSPS) is 18.3. The molecule has 0 N–H and O–H groups in total. The highest BCUT2D eigenvalue weighted by atomic mass is 16.5. The van der Waals surface area contributed by atoms with Gasteiger partial charge in [-0.3, -0.25) is 9.59 Å². The molecule has 3 heteroatoms. The zero-order chi connectivity index (χ0) is 29.5. The second-order valence-electron chi connectivity index (χ2n) is 11.7. The van der Waals surface area contributed by atoms with Crippen molar-refractivity contribution in [3.63, 3.8) is 0 Å². The fraction of sp³-hybridized carbons (Fsp3) is 0.568. The van der Waals surface area contributed by atoms with Crippen LogP contribution in [-0.2, 0) is 14.3 Å². The van der Waals surface area contributed by atoms with Crippen LogP contribution >= 0.6 is 0 Å². The first-order valence-corrected chi connectivity index (χ1v) is 15.7. The standard InChI is InChI=1S/C37H56O3/c1-6-7-8-9-10-11-12-13-14-15-16-17-18-19-20-24-36(39)40-35-27-29-37(4,5)34(31-35)26-25-32(2)22-21-23-33(3)28-30-38/h10-11,13-14,21-23,25-26,28,30-31,35H,6-9,12,15-20,24,27,29H2,1-5H3/b11-10+,14-13+,23-21+,26-25+,32-22+,33-28+. The molecule has 0 saturated carbocycles. The molecule has 0 aromatic heterocycles. The lowest BCUT2D eigenvalue weighted by atomic mass is 9.74. The third-order valence-electron chi connectivity index (χ3n) is 7.39. The summed E-state index contributed by atoms with van der Waals surface area (Å²) in [5.41, 5.74) is 3.30. The molecule has 1 aliphatic carbocycles. The Kier molecular flexibility index (Phi) is 19.5. The average molecular weight is 549 g/mol. The van der Waals surface area contributed by atoms with Gasteiger partial charge in [0.2, 0.25) is 0 Å². The van der Waals surface area contributed by atoms with E-state index in [-0.39, 0.29) is 17.5 Å². The highest BCUT2D eigenvalue weighted by Gasteiger charge is 2.29. The predicted octanol–water partition coefficient (Wildman–Crippen LogP) is 10.7. The zero-order valence-electron chi connectivity index (χ0n) is 26.1. The van der Waals surface area contributed by atoms with Gasteiger partial charge in [-0.15, -0.1) is 0 Å². The Morgan fingerprint density at radius 2 is 1.55 bits per heavy atom. The molecule has 0 aromatic carbocycles. The van der Waals surface area contributed by atoms with Crippen LogP contribution in [0.2, 0.25) is 0 Å². The summed E-state index contributed by atoms with van der Waals surface area (Å²) >= 11 is 0. The number of ether oxygens (including phenoxy) is 1. The van der Waals surface area contributed by atoms with Gasteiger partial charge in [0, 0.05) is 6.42 Å². The van der Waals surface area contributed by atoms with Gasteiger partial charge >= 0.3 is 5.97 Å². The van der Waals surface area contributed by atoms with E-state index in [4.69, 9.17) is 4.74 Å². The van der Waals surface area contributed by atoms with E-state index >= 15 is 0 Å². The van der Waals surface area contributed by atoms with Crippen LogP contribution in [0.5, 0.6) is 0 Å². The van der Waals surface area contributed by atoms with Crippen LogP contribution in [0, 0.1) is 5.41 Å². The number of carbonyl (C=O) groups excluding carboxylic acids is 2. The van der Waals surface area contributed by atoms with Crippen LogP contribution < -0.4 is 0 Å². The van der Waals surface area contributed by atoms with Gasteiger partial charge in [-0.25, -0.2) is 0 Å². The van der Waals surface area contributed by atoms with Crippen molar-refractivity contribution in [3.8, 4) is 0 Å². The van der Waals surface area contributed by atoms with Gasteiger partial charge in [-0.2, -0.15) is 0 Å². The summed E-state index contributed by atoms with van der Waals surface area (Å²) in [7, 11) is 0. The lowest BCUT2D eigenvalue weighted by molar-refractivity contribution is -0.147. The summed E-state index contributed by atoms with van der Waals surface area (Å²) in [5.74, 6) is -0.0741. The monoisotopic (exact) mass is 548 g/mol. The molecule has 0 bridgehead atoms. The second-order valence-corrected chi connectivity index (χ2v) is 11.7. The molecule has 1 rings (SSSR count). The number of allylic oxidation sites excluding steroid dienone is 13. The molecule has 1 unspecified atom stereocenters. The van der Waals surface area contributed by atoms with Gasteiger partial charge in [-0.05, 0) is 93.9 Å². The third-order valence-corrected chi connectivity index (χ3v) is 7.39.